The molecule has 1 aromatic carbocycles. The topological polar surface area (TPSA) is 63.0 Å². The standard InChI is InChI=1S/C13H17ClN4O/c1-8(2)15-7-12-17-18-13(19-12)16-11-6-9(3)4-5-10(11)14/h4-6,8,15H,7H2,1-3H3,(H,16,18). The molecule has 2 rings (SSSR count). The molecule has 6 heteroatoms. The van der Waals surface area contributed by atoms with E-state index < -0.39 is 0 Å². The van der Waals surface area contributed by atoms with Gasteiger partial charge in [0.1, 0.15) is 0 Å². The highest BCUT2D eigenvalue weighted by atomic mass is 35.5. The minimum atomic E-state index is 0.341. The summed E-state index contributed by atoms with van der Waals surface area (Å²) in [4.78, 5) is 0. The number of halogens is 1. The number of aromatic nitrogens is 2. The lowest BCUT2D eigenvalue weighted by molar-refractivity contribution is 0.460. The molecule has 0 saturated carbocycles. The van der Waals surface area contributed by atoms with Gasteiger partial charge >= 0.3 is 6.01 Å². The second-order valence-corrected chi connectivity index (χ2v) is 5.05. The van der Waals surface area contributed by atoms with Crippen LogP contribution in [-0.4, -0.2) is 16.2 Å². The van der Waals surface area contributed by atoms with Crippen LogP contribution in [0, 0.1) is 6.92 Å². The Morgan fingerprint density at radius 2 is 2.11 bits per heavy atom. The highest BCUT2D eigenvalue weighted by Crippen LogP contribution is 2.25. The molecule has 5 nitrogen and oxygen atoms in total. The van der Waals surface area contributed by atoms with Crippen molar-refractivity contribution in [3.05, 3.63) is 34.7 Å². The average molecular weight is 281 g/mol. The van der Waals surface area contributed by atoms with Gasteiger partial charge in [0.15, 0.2) is 0 Å². The molecule has 0 aliphatic carbocycles. The number of benzene rings is 1. The van der Waals surface area contributed by atoms with Gasteiger partial charge in [0.2, 0.25) is 5.89 Å². The molecule has 0 bridgehead atoms. The lowest BCUT2D eigenvalue weighted by Gasteiger charge is -2.05. The normalized spacial score (nSPS) is 11.0. The van der Waals surface area contributed by atoms with Gasteiger partial charge in [0.25, 0.3) is 0 Å². The molecule has 0 amide bonds. The average Bonchev–Trinajstić information content (AvgIpc) is 2.79. The quantitative estimate of drug-likeness (QED) is 0.880. The third kappa shape index (κ3) is 3.94. The zero-order valence-electron chi connectivity index (χ0n) is 11.2. The molecule has 2 N–H and O–H groups in total. The van der Waals surface area contributed by atoms with E-state index in [1.165, 1.54) is 0 Å². The van der Waals surface area contributed by atoms with Gasteiger partial charge in [-0.1, -0.05) is 36.6 Å². The summed E-state index contributed by atoms with van der Waals surface area (Å²) in [5.41, 5.74) is 1.86. The van der Waals surface area contributed by atoms with Crippen molar-refractivity contribution >= 4 is 23.3 Å². The van der Waals surface area contributed by atoms with Crippen molar-refractivity contribution in [3.8, 4) is 0 Å². The summed E-state index contributed by atoms with van der Waals surface area (Å²) in [6.07, 6.45) is 0. The van der Waals surface area contributed by atoms with E-state index >= 15 is 0 Å². The number of hydrogen-bond acceptors (Lipinski definition) is 5. The molecule has 0 aliphatic rings. The zero-order chi connectivity index (χ0) is 13.8. The third-order valence-electron chi connectivity index (χ3n) is 2.49. The predicted octanol–water partition coefficient (Wildman–Crippen LogP) is 3.27. The maximum Gasteiger partial charge on any atom is 0.320 e. The van der Waals surface area contributed by atoms with Crippen molar-refractivity contribution in [2.45, 2.75) is 33.4 Å². The molecule has 0 fully saturated rings. The van der Waals surface area contributed by atoms with Crippen LogP contribution in [0.2, 0.25) is 5.02 Å². The monoisotopic (exact) mass is 280 g/mol. The Morgan fingerprint density at radius 3 is 2.84 bits per heavy atom. The number of anilines is 2. The van der Waals surface area contributed by atoms with E-state index in [0.29, 0.717) is 29.5 Å². The van der Waals surface area contributed by atoms with E-state index in [9.17, 15) is 0 Å². The second kappa shape index (κ2) is 6.04. The molecule has 0 atom stereocenters. The minimum Gasteiger partial charge on any atom is -0.406 e. The SMILES string of the molecule is Cc1ccc(Cl)c(Nc2nnc(CNC(C)C)o2)c1. The van der Waals surface area contributed by atoms with Gasteiger partial charge in [-0.25, -0.2) is 0 Å². The van der Waals surface area contributed by atoms with E-state index in [-0.39, 0.29) is 0 Å². The predicted molar refractivity (Wildman–Crippen MR) is 75.7 cm³/mol. The van der Waals surface area contributed by atoms with Crippen LogP contribution in [0.25, 0.3) is 0 Å². The molecule has 0 saturated heterocycles. The van der Waals surface area contributed by atoms with Crippen molar-refractivity contribution in [2.24, 2.45) is 0 Å². The fraction of sp³-hybridized carbons (Fsp3) is 0.385. The summed E-state index contributed by atoms with van der Waals surface area (Å²) in [5, 5.41) is 14.7. The first kappa shape index (κ1) is 13.8. The number of aryl methyl sites for hydroxylation is 1. The summed E-state index contributed by atoms with van der Waals surface area (Å²) in [5.74, 6) is 0.542. The van der Waals surface area contributed by atoms with Gasteiger partial charge in [-0.15, -0.1) is 5.10 Å². The minimum absolute atomic E-state index is 0.341. The zero-order valence-corrected chi connectivity index (χ0v) is 12.0. The summed E-state index contributed by atoms with van der Waals surface area (Å²) >= 11 is 6.09. The van der Waals surface area contributed by atoms with Crippen molar-refractivity contribution in [1.29, 1.82) is 0 Å². The second-order valence-electron chi connectivity index (χ2n) is 4.64. The first-order valence-electron chi connectivity index (χ1n) is 6.13. The van der Waals surface area contributed by atoms with Crippen LogP contribution < -0.4 is 10.6 Å². The first-order valence-corrected chi connectivity index (χ1v) is 6.51. The molecule has 0 aliphatic heterocycles. The van der Waals surface area contributed by atoms with Crippen molar-refractivity contribution in [1.82, 2.24) is 15.5 Å². The van der Waals surface area contributed by atoms with Gasteiger partial charge in [-0.2, -0.15) is 0 Å². The fourth-order valence-electron chi connectivity index (χ4n) is 1.52. The van der Waals surface area contributed by atoms with Crippen molar-refractivity contribution < 1.29 is 4.42 Å². The Morgan fingerprint density at radius 1 is 1.32 bits per heavy atom. The van der Waals surface area contributed by atoms with Gasteiger partial charge in [0.05, 0.1) is 17.3 Å². The number of hydrogen-bond donors (Lipinski definition) is 2. The van der Waals surface area contributed by atoms with Gasteiger partial charge < -0.3 is 15.1 Å². The van der Waals surface area contributed by atoms with Crippen LogP contribution in [0.1, 0.15) is 25.3 Å². The number of rotatable bonds is 5. The van der Waals surface area contributed by atoms with E-state index in [1.807, 2.05) is 25.1 Å². The lowest BCUT2D eigenvalue weighted by atomic mass is 10.2. The molecular formula is C13H17ClN4O. The molecular weight excluding hydrogens is 264 g/mol. The van der Waals surface area contributed by atoms with Crippen molar-refractivity contribution in [3.63, 3.8) is 0 Å². The van der Waals surface area contributed by atoms with Gasteiger partial charge in [-0.05, 0) is 24.6 Å². The largest absolute Gasteiger partial charge is 0.406 e. The number of nitrogens with one attached hydrogen (secondary N) is 2. The summed E-state index contributed by atoms with van der Waals surface area (Å²) in [7, 11) is 0. The van der Waals surface area contributed by atoms with Gasteiger partial charge in [-0.3, -0.25) is 0 Å². The van der Waals surface area contributed by atoms with E-state index in [1.54, 1.807) is 0 Å². The molecule has 1 aromatic heterocycles. The Labute approximate surface area is 117 Å². The van der Waals surface area contributed by atoms with Crippen LogP contribution >= 0.6 is 11.6 Å². The number of nitrogens with zero attached hydrogens (tertiary/aromatic N) is 2. The molecule has 0 spiro atoms. The summed E-state index contributed by atoms with van der Waals surface area (Å²) in [6, 6.07) is 6.41. The Balaban J connectivity index is 2.05. The lowest BCUT2D eigenvalue weighted by Crippen LogP contribution is -2.21. The molecule has 102 valence electrons. The Kier molecular flexibility index (Phi) is 4.39. The smallest absolute Gasteiger partial charge is 0.320 e. The summed E-state index contributed by atoms with van der Waals surface area (Å²) in [6.45, 7) is 6.66. The Hall–Kier alpha value is -1.59. The molecule has 2 aromatic rings. The van der Waals surface area contributed by atoms with Crippen LogP contribution in [0.4, 0.5) is 11.7 Å². The van der Waals surface area contributed by atoms with E-state index in [0.717, 1.165) is 11.3 Å². The maximum absolute atomic E-state index is 6.09. The fourth-order valence-corrected chi connectivity index (χ4v) is 1.68. The van der Waals surface area contributed by atoms with Crippen LogP contribution in [0.15, 0.2) is 22.6 Å². The Bertz CT molecular complexity index is 553. The highest BCUT2D eigenvalue weighted by Gasteiger charge is 2.08. The van der Waals surface area contributed by atoms with E-state index in [4.69, 9.17) is 16.0 Å². The van der Waals surface area contributed by atoms with Gasteiger partial charge in [0, 0.05) is 6.04 Å². The molecule has 0 unspecified atom stereocenters. The van der Waals surface area contributed by atoms with Crippen LogP contribution in [0.3, 0.4) is 0 Å². The van der Waals surface area contributed by atoms with Crippen molar-refractivity contribution in [2.75, 3.05) is 5.32 Å². The van der Waals surface area contributed by atoms with E-state index in [2.05, 4.69) is 34.7 Å². The molecule has 1 heterocycles. The third-order valence-corrected chi connectivity index (χ3v) is 2.82. The molecule has 19 heavy (non-hydrogen) atoms. The first-order chi connectivity index (χ1) is 9.04. The highest BCUT2D eigenvalue weighted by molar-refractivity contribution is 6.33. The van der Waals surface area contributed by atoms with Crippen LogP contribution in [0.5, 0.6) is 0 Å². The summed E-state index contributed by atoms with van der Waals surface area (Å²) < 4.78 is 5.48. The molecule has 0 radical (unpaired) electrons. The maximum atomic E-state index is 6.09. The van der Waals surface area contributed by atoms with Crippen LogP contribution in [-0.2, 0) is 6.54 Å².